The lowest BCUT2D eigenvalue weighted by Gasteiger charge is -2.38. The molecule has 0 spiro atoms. The van der Waals surface area contributed by atoms with E-state index in [0.29, 0.717) is 43.9 Å². The van der Waals surface area contributed by atoms with Gasteiger partial charge in [0.2, 0.25) is 11.8 Å². The smallest absolute Gasteiger partial charge is 0.368 e. The summed E-state index contributed by atoms with van der Waals surface area (Å²) in [5.41, 5.74) is 6.76. The molecule has 0 bridgehead atoms. The van der Waals surface area contributed by atoms with Gasteiger partial charge in [0.15, 0.2) is 0 Å². The van der Waals surface area contributed by atoms with Crippen molar-refractivity contribution in [3.8, 4) is 0 Å². The van der Waals surface area contributed by atoms with Gasteiger partial charge >= 0.3 is 6.18 Å². The van der Waals surface area contributed by atoms with Gasteiger partial charge in [0.25, 0.3) is 0 Å². The number of carbonyl (C=O) groups is 2. The minimum atomic E-state index is -4.43. The second kappa shape index (κ2) is 10.3. The van der Waals surface area contributed by atoms with Crippen LogP contribution in [-0.4, -0.2) is 61.9 Å². The summed E-state index contributed by atoms with van der Waals surface area (Å²) in [6, 6.07) is 3.23. The molecule has 2 N–H and O–H groups in total. The molecule has 1 aliphatic heterocycles. The number of hydrogen-bond donors (Lipinski definition) is 1. The van der Waals surface area contributed by atoms with Crippen molar-refractivity contribution in [2.75, 3.05) is 45.2 Å². The quantitative estimate of drug-likeness (QED) is 0.704. The Morgan fingerprint density at radius 1 is 1.10 bits per heavy atom. The first-order chi connectivity index (χ1) is 14.4. The lowest BCUT2D eigenvalue weighted by atomic mass is 9.94. The highest BCUT2D eigenvalue weighted by atomic mass is 19.4. The molecule has 31 heavy (non-hydrogen) atoms. The molecule has 0 aromatic heterocycles. The van der Waals surface area contributed by atoms with E-state index in [4.69, 9.17) is 5.73 Å². The standard InChI is InChI=1S/C22H33F3N4O2/c1-15(2)13-18(26)17-14-16(22(23,24)25)5-6-19(17)28-9-11-29(12-10-28)21(31)8-7-20(30)27(3)4/h5-6,14-15,18H,7-13,26H2,1-4H3/t18-/m0/s1. The molecule has 2 rings (SSSR count). The Balaban J connectivity index is 2.11. The largest absolute Gasteiger partial charge is 0.416 e. The first kappa shape index (κ1) is 25.0. The van der Waals surface area contributed by atoms with Crippen LogP contribution in [0.2, 0.25) is 0 Å². The molecular formula is C22H33F3N4O2. The van der Waals surface area contributed by atoms with Gasteiger partial charge in [-0.3, -0.25) is 9.59 Å². The maximum atomic E-state index is 13.3. The Morgan fingerprint density at radius 2 is 1.71 bits per heavy atom. The number of nitrogens with zero attached hydrogens (tertiary/aromatic N) is 3. The van der Waals surface area contributed by atoms with Gasteiger partial charge in [0.05, 0.1) is 5.56 Å². The lowest BCUT2D eigenvalue weighted by molar-refractivity contribution is -0.137. The maximum absolute atomic E-state index is 13.3. The zero-order chi connectivity index (χ0) is 23.3. The molecule has 1 aromatic rings. The molecule has 1 atom stereocenters. The lowest BCUT2D eigenvalue weighted by Crippen LogP contribution is -2.49. The highest BCUT2D eigenvalue weighted by molar-refractivity contribution is 5.83. The maximum Gasteiger partial charge on any atom is 0.416 e. The van der Waals surface area contributed by atoms with E-state index in [-0.39, 0.29) is 30.6 Å². The van der Waals surface area contributed by atoms with Crippen LogP contribution in [0, 0.1) is 5.92 Å². The van der Waals surface area contributed by atoms with Crippen molar-refractivity contribution in [1.29, 1.82) is 0 Å². The Labute approximate surface area is 182 Å². The number of amides is 2. The third kappa shape index (κ3) is 6.85. The molecule has 0 aliphatic carbocycles. The van der Waals surface area contributed by atoms with Crippen LogP contribution in [0.1, 0.15) is 50.3 Å². The number of carbonyl (C=O) groups excluding carboxylic acids is 2. The van der Waals surface area contributed by atoms with Crippen molar-refractivity contribution in [2.45, 2.75) is 45.3 Å². The molecular weight excluding hydrogens is 409 g/mol. The van der Waals surface area contributed by atoms with Gasteiger partial charge in [0.1, 0.15) is 0 Å². The van der Waals surface area contributed by atoms with E-state index < -0.39 is 17.8 Å². The predicted octanol–water partition coefficient (Wildman–Crippen LogP) is 3.27. The van der Waals surface area contributed by atoms with E-state index in [2.05, 4.69) is 0 Å². The molecule has 9 heteroatoms. The Morgan fingerprint density at radius 3 is 2.23 bits per heavy atom. The van der Waals surface area contributed by atoms with Gasteiger partial charge in [-0.15, -0.1) is 0 Å². The number of benzene rings is 1. The van der Waals surface area contributed by atoms with Crippen molar-refractivity contribution in [3.05, 3.63) is 29.3 Å². The third-order valence-corrected chi connectivity index (χ3v) is 5.50. The normalized spacial score (nSPS) is 15.9. The molecule has 6 nitrogen and oxygen atoms in total. The Hall–Kier alpha value is -2.29. The number of hydrogen-bond acceptors (Lipinski definition) is 4. The van der Waals surface area contributed by atoms with Crippen molar-refractivity contribution in [1.82, 2.24) is 9.80 Å². The summed E-state index contributed by atoms with van der Waals surface area (Å²) < 4.78 is 39.8. The fourth-order valence-electron chi connectivity index (χ4n) is 3.74. The van der Waals surface area contributed by atoms with Gasteiger partial charge in [0, 0.05) is 64.8 Å². The van der Waals surface area contributed by atoms with Crippen LogP contribution in [0.4, 0.5) is 18.9 Å². The average Bonchev–Trinajstić information content (AvgIpc) is 2.70. The number of piperazine rings is 1. The highest BCUT2D eigenvalue weighted by Crippen LogP contribution is 2.36. The van der Waals surface area contributed by atoms with Gasteiger partial charge in [-0.1, -0.05) is 13.8 Å². The Kier molecular flexibility index (Phi) is 8.34. The van der Waals surface area contributed by atoms with E-state index in [1.807, 2.05) is 18.7 Å². The summed E-state index contributed by atoms with van der Waals surface area (Å²) in [5.74, 6) is 0.0660. The van der Waals surface area contributed by atoms with E-state index in [9.17, 15) is 22.8 Å². The van der Waals surface area contributed by atoms with Crippen LogP contribution in [0.3, 0.4) is 0 Å². The molecule has 0 unspecified atom stereocenters. The SMILES string of the molecule is CC(C)C[C@H](N)c1cc(C(F)(F)F)ccc1N1CCN(C(=O)CCC(=O)N(C)C)CC1. The molecule has 0 radical (unpaired) electrons. The van der Waals surface area contributed by atoms with E-state index in [1.54, 1.807) is 19.0 Å². The van der Waals surface area contributed by atoms with Crippen molar-refractivity contribution in [2.24, 2.45) is 11.7 Å². The first-order valence-electron chi connectivity index (χ1n) is 10.6. The monoisotopic (exact) mass is 442 g/mol. The average molecular weight is 443 g/mol. The first-order valence-corrected chi connectivity index (χ1v) is 10.6. The molecule has 2 amide bonds. The summed E-state index contributed by atoms with van der Waals surface area (Å²) in [6.45, 7) is 5.88. The molecule has 1 aromatic carbocycles. The molecule has 1 fully saturated rings. The van der Waals surface area contributed by atoms with Crippen LogP contribution >= 0.6 is 0 Å². The molecule has 174 valence electrons. The van der Waals surface area contributed by atoms with Gasteiger partial charge in [-0.2, -0.15) is 13.2 Å². The molecule has 1 heterocycles. The second-order valence-corrected chi connectivity index (χ2v) is 8.66. The summed E-state index contributed by atoms with van der Waals surface area (Å²) in [4.78, 5) is 29.3. The minimum Gasteiger partial charge on any atom is -0.368 e. The number of anilines is 1. The number of rotatable bonds is 7. The topological polar surface area (TPSA) is 69.9 Å². The van der Waals surface area contributed by atoms with Crippen LogP contribution in [0.25, 0.3) is 0 Å². The number of alkyl halides is 3. The number of halogens is 3. The summed E-state index contributed by atoms with van der Waals surface area (Å²) >= 11 is 0. The van der Waals surface area contributed by atoms with Crippen LogP contribution in [-0.2, 0) is 15.8 Å². The van der Waals surface area contributed by atoms with Gasteiger partial charge < -0.3 is 20.4 Å². The predicted molar refractivity (Wildman–Crippen MR) is 115 cm³/mol. The molecule has 0 saturated carbocycles. The summed E-state index contributed by atoms with van der Waals surface area (Å²) in [6.07, 6.45) is -3.53. The van der Waals surface area contributed by atoms with E-state index in [1.165, 1.54) is 11.0 Å². The van der Waals surface area contributed by atoms with Crippen molar-refractivity contribution < 1.29 is 22.8 Å². The van der Waals surface area contributed by atoms with Crippen molar-refractivity contribution in [3.63, 3.8) is 0 Å². The second-order valence-electron chi connectivity index (χ2n) is 8.66. The number of nitrogens with two attached hydrogens (primary N) is 1. The fraction of sp³-hybridized carbons (Fsp3) is 0.636. The molecule has 1 aliphatic rings. The van der Waals surface area contributed by atoms with Crippen molar-refractivity contribution >= 4 is 17.5 Å². The molecule has 1 saturated heterocycles. The fourth-order valence-corrected chi connectivity index (χ4v) is 3.74. The third-order valence-electron chi connectivity index (χ3n) is 5.50. The highest BCUT2D eigenvalue weighted by Gasteiger charge is 2.33. The van der Waals surface area contributed by atoms with Gasteiger partial charge in [-0.25, -0.2) is 0 Å². The van der Waals surface area contributed by atoms with Crippen LogP contribution < -0.4 is 10.6 Å². The van der Waals surface area contributed by atoms with Crippen LogP contribution in [0.5, 0.6) is 0 Å². The zero-order valence-electron chi connectivity index (χ0n) is 18.7. The van der Waals surface area contributed by atoms with E-state index in [0.717, 1.165) is 12.1 Å². The summed E-state index contributed by atoms with van der Waals surface area (Å²) in [7, 11) is 3.30. The Bertz CT molecular complexity index is 773. The minimum absolute atomic E-state index is 0.0843. The van der Waals surface area contributed by atoms with E-state index >= 15 is 0 Å². The zero-order valence-corrected chi connectivity index (χ0v) is 18.7. The van der Waals surface area contributed by atoms with Gasteiger partial charge in [-0.05, 0) is 36.1 Å². The van der Waals surface area contributed by atoms with Crippen LogP contribution in [0.15, 0.2) is 18.2 Å². The summed E-state index contributed by atoms with van der Waals surface area (Å²) in [5, 5.41) is 0.